The molecule has 0 unspecified atom stereocenters. The van der Waals surface area contributed by atoms with Gasteiger partial charge in [0.1, 0.15) is 5.69 Å². The molecule has 0 saturated carbocycles. The summed E-state index contributed by atoms with van der Waals surface area (Å²) in [6, 6.07) is 6.05. The molecule has 0 aliphatic carbocycles. The molecule has 0 aromatic carbocycles. The predicted octanol–water partition coefficient (Wildman–Crippen LogP) is 0.971. The van der Waals surface area contributed by atoms with Crippen molar-refractivity contribution < 1.29 is 23.9 Å². The number of aromatic nitrogens is 1. The summed E-state index contributed by atoms with van der Waals surface area (Å²) in [6.45, 7) is 1.31. The highest BCUT2D eigenvalue weighted by molar-refractivity contribution is 6.03. The number of carbonyl (C=O) groups is 3. The highest BCUT2D eigenvalue weighted by atomic mass is 16.4. The Bertz CT molecular complexity index is 764. The van der Waals surface area contributed by atoms with Crippen molar-refractivity contribution in [2.75, 3.05) is 26.2 Å². The van der Waals surface area contributed by atoms with Gasteiger partial charge in [-0.15, -0.1) is 0 Å². The van der Waals surface area contributed by atoms with E-state index in [1.54, 1.807) is 17.0 Å². The Labute approximate surface area is 137 Å². The van der Waals surface area contributed by atoms with Gasteiger partial charge in [-0.3, -0.25) is 14.6 Å². The maximum Gasteiger partial charge on any atom is 0.338 e. The van der Waals surface area contributed by atoms with E-state index in [1.165, 1.54) is 29.5 Å². The minimum atomic E-state index is -1.20. The van der Waals surface area contributed by atoms with Crippen LogP contribution in [-0.4, -0.2) is 63.9 Å². The largest absolute Gasteiger partial charge is 0.478 e. The molecule has 24 heavy (non-hydrogen) atoms. The van der Waals surface area contributed by atoms with Crippen molar-refractivity contribution in [3.05, 3.63) is 53.7 Å². The molecule has 8 heteroatoms. The first-order chi connectivity index (χ1) is 11.6. The maximum atomic E-state index is 12.5. The number of pyridine rings is 1. The molecule has 1 aliphatic rings. The van der Waals surface area contributed by atoms with Crippen LogP contribution in [0.3, 0.4) is 0 Å². The van der Waals surface area contributed by atoms with Crippen molar-refractivity contribution in [2.45, 2.75) is 0 Å². The monoisotopic (exact) mass is 329 g/mol. The van der Waals surface area contributed by atoms with Gasteiger partial charge in [-0.25, -0.2) is 4.79 Å². The van der Waals surface area contributed by atoms with Crippen molar-refractivity contribution in [1.82, 2.24) is 14.8 Å². The van der Waals surface area contributed by atoms with E-state index in [4.69, 9.17) is 9.52 Å². The van der Waals surface area contributed by atoms with Gasteiger partial charge in [0.25, 0.3) is 11.8 Å². The van der Waals surface area contributed by atoms with Crippen LogP contribution in [0.5, 0.6) is 0 Å². The molecule has 1 N–H and O–H groups in total. The zero-order valence-electron chi connectivity index (χ0n) is 12.7. The molecule has 0 bridgehead atoms. The summed E-state index contributed by atoms with van der Waals surface area (Å²) < 4.78 is 5.09. The van der Waals surface area contributed by atoms with Crippen molar-refractivity contribution in [3.63, 3.8) is 0 Å². The summed E-state index contributed by atoms with van der Waals surface area (Å²) in [5, 5.41) is 9.16. The van der Waals surface area contributed by atoms with Crippen LogP contribution in [0.15, 0.2) is 41.1 Å². The zero-order valence-corrected chi connectivity index (χ0v) is 12.7. The summed E-state index contributed by atoms with van der Waals surface area (Å²) in [7, 11) is 0. The standard InChI is InChI=1S/C16H15N3O5/c20-14(12-4-2-10-24-12)18-6-8-19(9-7-18)15(21)13-11(16(22)23)3-1-5-17-13/h1-5,10H,6-9H2,(H,22,23). The number of carboxylic acids is 1. The van der Waals surface area contributed by atoms with Gasteiger partial charge >= 0.3 is 5.97 Å². The van der Waals surface area contributed by atoms with Crippen LogP contribution in [0, 0.1) is 0 Å². The molecule has 2 aromatic heterocycles. The van der Waals surface area contributed by atoms with Gasteiger partial charge in [0.15, 0.2) is 5.76 Å². The van der Waals surface area contributed by atoms with Crippen molar-refractivity contribution in [1.29, 1.82) is 0 Å². The summed E-state index contributed by atoms with van der Waals surface area (Å²) >= 11 is 0. The third kappa shape index (κ3) is 2.98. The fourth-order valence-electron chi connectivity index (χ4n) is 2.57. The molecule has 1 fully saturated rings. The molecule has 2 aromatic rings. The van der Waals surface area contributed by atoms with Crippen LogP contribution in [0.2, 0.25) is 0 Å². The highest BCUT2D eigenvalue weighted by Crippen LogP contribution is 2.13. The van der Waals surface area contributed by atoms with E-state index in [2.05, 4.69) is 4.98 Å². The summed E-state index contributed by atoms with van der Waals surface area (Å²) in [6.07, 6.45) is 2.82. The van der Waals surface area contributed by atoms with Crippen LogP contribution < -0.4 is 0 Å². The average molecular weight is 329 g/mol. The molecule has 1 aliphatic heterocycles. The van der Waals surface area contributed by atoms with E-state index in [1.807, 2.05) is 0 Å². The van der Waals surface area contributed by atoms with E-state index in [9.17, 15) is 14.4 Å². The number of aromatic carboxylic acids is 1. The number of amides is 2. The number of hydrogen-bond acceptors (Lipinski definition) is 5. The number of hydrogen-bond donors (Lipinski definition) is 1. The van der Waals surface area contributed by atoms with Gasteiger partial charge in [-0.05, 0) is 24.3 Å². The lowest BCUT2D eigenvalue weighted by Gasteiger charge is -2.34. The Hall–Kier alpha value is -3.16. The van der Waals surface area contributed by atoms with Gasteiger partial charge in [-0.2, -0.15) is 0 Å². The fraction of sp³-hybridized carbons (Fsp3) is 0.250. The van der Waals surface area contributed by atoms with Crippen LogP contribution >= 0.6 is 0 Å². The number of furan rings is 1. The first-order valence-corrected chi connectivity index (χ1v) is 7.38. The van der Waals surface area contributed by atoms with E-state index >= 15 is 0 Å². The predicted molar refractivity (Wildman–Crippen MR) is 81.7 cm³/mol. The molecule has 2 amide bonds. The van der Waals surface area contributed by atoms with E-state index < -0.39 is 11.9 Å². The zero-order chi connectivity index (χ0) is 17.1. The lowest BCUT2D eigenvalue weighted by Crippen LogP contribution is -2.50. The second-order valence-corrected chi connectivity index (χ2v) is 5.27. The Kier molecular flexibility index (Phi) is 4.28. The first kappa shape index (κ1) is 15.7. The van der Waals surface area contributed by atoms with Gasteiger partial charge in [0, 0.05) is 32.4 Å². The van der Waals surface area contributed by atoms with Gasteiger partial charge in [0.2, 0.25) is 0 Å². The third-order valence-corrected chi connectivity index (χ3v) is 3.83. The second-order valence-electron chi connectivity index (χ2n) is 5.27. The Morgan fingerprint density at radius 2 is 1.67 bits per heavy atom. The highest BCUT2D eigenvalue weighted by Gasteiger charge is 2.29. The number of rotatable bonds is 3. The van der Waals surface area contributed by atoms with Crippen molar-refractivity contribution in [3.8, 4) is 0 Å². The lowest BCUT2D eigenvalue weighted by molar-refractivity contribution is 0.0512. The number of carboxylic acid groups (broad SMARTS) is 1. The van der Waals surface area contributed by atoms with E-state index in [0.29, 0.717) is 26.2 Å². The van der Waals surface area contributed by atoms with Gasteiger partial charge < -0.3 is 19.3 Å². The van der Waals surface area contributed by atoms with Crippen LogP contribution in [-0.2, 0) is 0 Å². The SMILES string of the molecule is O=C(O)c1cccnc1C(=O)N1CCN(C(=O)c2ccco2)CC1. The van der Waals surface area contributed by atoms with Crippen molar-refractivity contribution in [2.24, 2.45) is 0 Å². The average Bonchev–Trinajstić information content (AvgIpc) is 3.15. The topological polar surface area (TPSA) is 104 Å². The van der Waals surface area contributed by atoms with E-state index in [0.717, 1.165) is 0 Å². The normalized spacial score (nSPS) is 14.5. The molecular weight excluding hydrogens is 314 g/mol. The van der Waals surface area contributed by atoms with Gasteiger partial charge in [-0.1, -0.05) is 0 Å². The number of piperazine rings is 1. The molecule has 1 saturated heterocycles. The van der Waals surface area contributed by atoms with Crippen molar-refractivity contribution >= 4 is 17.8 Å². The smallest absolute Gasteiger partial charge is 0.338 e. The molecule has 124 valence electrons. The molecule has 0 spiro atoms. The second kappa shape index (κ2) is 6.53. The lowest BCUT2D eigenvalue weighted by atomic mass is 10.1. The molecule has 3 heterocycles. The fourth-order valence-corrected chi connectivity index (χ4v) is 2.57. The van der Waals surface area contributed by atoms with Gasteiger partial charge in [0.05, 0.1) is 11.8 Å². The molecule has 3 rings (SSSR count). The third-order valence-electron chi connectivity index (χ3n) is 3.83. The van der Waals surface area contributed by atoms with E-state index in [-0.39, 0.29) is 22.9 Å². The van der Waals surface area contributed by atoms with Crippen LogP contribution in [0.1, 0.15) is 31.4 Å². The Morgan fingerprint density at radius 3 is 2.25 bits per heavy atom. The molecule has 0 atom stereocenters. The van der Waals surface area contributed by atoms with Crippen LogP contribution in [0.25, 0.3) is 0 Å². The molecule has 8 nitrogen and oxygen atoms in total. The number of nitrogens with zero attached hydrogens (tertiary/aromatic N) is 3. The summed E-state index contributed by atoms with van der Waals surface area (Å²) in [5.74, 6) is -1.61. The van der Waals surface area contributed by atoms with Crippen LogP contribution in [0.4, 0.5) is 0 Å². The Morgan fingerprint density at radius 1 is 1.00 bits per heavy atom. The molecule has 0 radical (unpaired) electrons. The maximum absolute atomic E-state index is 12.5. The first-order valence-electron chi connectivity index (χ1n) is 7.38. The molecular formula is C16H15N3O5. The summed E-state index contributed by atoms with van der Waals surface area (Å²) in [4.78, 5) is 42.9. The minimum Gasteiger partial charge on any atom is -0.478 e. The summed E-state index contributed by atoms with van der Waals surface area (Å²) in [5.41, 5.74) is -0.215. The Balaban J connectivity index is 1.68. The quantitative estimate of drug-likeness (QED) is 0.900. The number of carbonyl (C=O) groups excluding carboxylic acids is 2. The minimum absolute atomic E-state index is 0.0872.